The van der Waals surface area contributed by atoms with Gasteiger partial charge in [0.05, 0.1) is 18.2 Å². The van der Waals surface area contributed by atoms with Crippen LogP contribution in [0.25, 0.3) is 5.57 Å². The molecule has 0 saturated carbocycles. The smallest absolute Gasteiger partial charge is 0.309 e. The van der Waals surface area contributed by atoms with Gasteiger partial charge in [-0.05, 0) is 35.0 Å². The van der Waals surface area contributed by atoms with E-state index in [9.17, 15) is 9.90 Å². The third-order valence-corrected chi connectivity index (χ3v) is 5.47. The second-order valence-corrected chi connectivity index (χ2v) is 8.41. The number of aromatic amines is 1. The highest BCUT2D eigenvalue weighted by Crippen LogP contribution is 2.30. The molecule has 1 fully saturated rings. The Morgan fingerprint density at radius 3 is 2.60 bits per heavy atom. The molecule has 0 spiro atoms. The van der Waals surface area contributed by atoms with Crippen molar-refractivity contribution >= 4 is 31.8 Å². The highest BCUT2D eigenvalue weighted by atomic mass is 31.0. The Morgan fingerprint density at radius 1 is 1.30 bits per heavy atom. The highest BCUT2D eigenvalue weighted by molar-refractivity contribution is 7.27. The number of allylic oxidation sites excluding steroid dienone is 3. The number of esters is 1. The summed E-state index contributed by atoms with van der Waals surface area (Å²) in [5.41, 5.74) is 4.97. The predicted molar refractivity (Wildman–Crippen MR) is 125 cm³/mol. The van der Waals surface area contributed by atoms with E-state index in [-0.39, 0.29) is 18.3 Å². The van der Waals surface area contributed by atoms with Crippen molar-refractivity contribution in [2.45, 2.75) is 38.9 Å². The molecule has 0 radical (unpaired) electrons. The van der Waals surface area contributed by atoms with Gasteiger partial charge in [0.15, 0.2) is 0 Å². The van der Waals surface area contributed by atoms with Crippen LogP contribution in [0.5, 0.6) is 0 Å². The van der Waals surface area contributed by atoms with Gasteiger partial charge in [-0.15, -0.1) is 9.24 Å². The highest BCUT2D eigenvalue weighted by Gasteiger charge is 2.26. The first-order valence-electron chi connectivity index (χ1n) is 10.2. The fraction of sp³-hybridized carbons (Fsp3) is 0.333. The Balaban J connectivity index is 2.10. The maximum Gasteiger partial charge on any atom is 0.309 e. The van der Waals surface area contributed by atoms with Gasteiger partial charge < -0.3 is 14.8 Å². The molecule has 0 amide bonds. The molecule has 0 bridgehead atoms. The van der Waals surface area contributed by atoms with Crippen LogP contribution in [0.1, 0.15) is 37.9 Å². The largest absolute Gasteiger partial charge is 0.458 e. The van der Waals surface area contributed by atoms with Gasteiger partial charge >= 0.3 is 5.97 Å². The Labute approximate surface area is 180 Å². The molecule has 3 rings (SSSR count). The molecule has 158 valence electrons. The molecule has 3 unspecified atom stereocenters. The fourth-order valence-electron chi connectivity index (χ4n) is 3.74. The van der Waals surface area contributed by atoms with E-state index in [0.717, 1.165) is 33.4 Å². The normalized spacial score (nSPS) is 21.1. The van der Waals surface area contributed by atoms with Gasteiger partial charge in [-0.3, -0.25) is 9.79 Å². The molecule has 2 N–H and O–H groups in total. The number of hydrogen-bond donors (Lipinski definition) is 2. The zero-order chi connectivity index (χ0) is 21.7. The summed E-state index contributed by atoms with van der Waals surface area (Å²) in [7, 11) is 4.48. The number of rotatable bonds is 6. The van der Waals surface area contributed by atoms with Crippen molar-refractivity contribution in [1.82, 2.24) is 4.98 Å². The van der Waals surface area contributed by atoms with Crippen LogP contribution in [0.4, 0.5) is 0 Å². The fourth-order valence-corrected chi connectivity index (χ4v) is 3.93. The molecule has 0 aliphatic carbocycles. The quantitative estimate of drug-likeness (QED) is 0.322. The number of carbonyl (C=O) groups excluding carboxylic acids is 1. The third kappa shape index (κ3) is 5.35. The second kappa shape index (κ2) is 10.0. The number of carbonyl (C=O) groups is 1. The van der Waals surface area contributed by atoms with Crippen molar-refractivity contribution in [2.24, 2.45) is 10.9 Å². The number of hydrogen-bond acceptors (Lipinski definition) is 4. The lowest BCUT2D eigenvalue weighted by Crippen LogP contribution is -2.31. The lowest BCUT2D eigenvalue weighted by Gasteiger charge is -2.24. The van der Waals surface area contributed by atoms with Gasteiger partial charge in [-0.2, -0.15) is 0 Å². The number of aliphatic imine (C=N–C) groups is 1. The van der Waals surface area contributed by atoms with Crippen molar-refractivity contribution in [3.63, 3.8) is 0 Å². The number of H-pyrrole nitrogens is 1. The SMILES string of the molecule is CN=C(C(/C=C/C1CC(O)CC(=O)O1)=C(\c1ccc[nH]1)C(C)C)c1ccc(P)cc1. The van der Waals surface area contributed by atoms with E-state index in [1.54, 1.807) is 7.05 Å². The van der Waals surface area contributed by atoms with Gasteiger partial charge in [0.1, 0.15) is 6.10 Å². The molecular weight excluding hydrogens is 395 g/mol. The summed E-state index contributed by atoms with van der Waals surface area (Å²) in [5.74, 6) is -0.150. The second-order valence-electron chi connectivity index (χ2n) is 7.74. The molecule has 1 aromatic carbocycles. The maximum atomic E-state index is 11.7. The van der Waals surface area contributed by atoms with E-state index in [4.69, 9.17) is 4.74 Å². The third-order valence-electron chi connectivity index (χ3n) is 5.09. The minimum atomic E-state index is -0.671. The van der Waals surface area contributed by atoms with Crippen LogP contribution in [0.2, 0.25) is 0 Å². The Morgan fingerprint density at radius 2 is 2.03 bits per heavy atom. The number of nitrogens with one attached hydrogen (secondary N) is 1. The Hall–Kier alpha value is -2.49. The van der Waals surface area contributed by atoms with Gasteiger partial charge in [-0.25, -0.2) is 0 Å². The molecule has 5 nitrogen and oxygen atoms in total. The van der Waals surface area contributed by atoms with Gasteiger partial charge in [0, 0.05) is 36.5 Å². The summed E-state index contributed by atoms with van der Waals surface area (Å²) >= 11 is 0. The van der Waals surface area contributed by atoms with Crippen molar-refractivity contribution in [1.29, 1.82) is 0 Å². The first-order valence-corrected chi connectivity index (χ1v) is 10.7. The zero-order valence-corrected chi connectivity index (χ0v) is 18.8. The summed E-state index contributed by atoms with van der Waals surface area (Å²) < 4.78 is 5.41. The summed E-state index contributed by atoms with van der Waals surface area (Å²) in [5, 5.41) is 11.0. The summed E-state index contributed by atoms with van der Waals surface area (Å²) in [6.45, 7) is 4.29. The number of aromatic nitrogens is 1. The molecule has 2 heterocycles. The lowest BCUT2D eigenvalue weighted by atomic mass is 9.88. The van der Waals surface area contributed by atoms with Gasteiger partial charge in [0.25, 0.3) is 0 Å². The molecule has 1 aliphatic rings. The van der Waals surface area contributed by atoms with Crippen LogP contribution in [0.3, 0.4) is 0 Å². The average Bonchev–Trinajstić information content (AvgIpc) is 3.21. The zero-order valence-electron chi connectivity index (χ0n) is 17.6. The predicted octanol–water partition coefficient (Wildman–Crippen LogP) is 3.67. The molecule has 2 aromatic rings. The molecular formula is C24H29N2O3P. The van der Waals surface area contributed by atoms with E-state index in [1.165, 1.54) is 0 Å². The van der Waals surface area contributed by atoms with Crippen molar-refractivity contribution in [2.75, 3.05) is 7.05 Å². The first kappa shape index (κ1) is 22.2. The van der Waals surface area contributed by atoms with Crippen molar-refractivity contribution in [3.05, 3.63) is 71.6 Å². The van der Waals surface area contributed by atoms with Gasteiger partial charge in [-0.1, -0.05) is 44.2 Å². The first-order chi connectivity index (χ1) is 14.4. The number of nitrogens with zero attached hydrogens (tertiary/aromatic N) is 1. The summed E-state index contributed by atoms with van der Waals surface area (Å²) in [6.07, 6.45) is 5.06. The van der Waals surface area contributed by atoms with Crippen LogP contribution in [0.15, 0.2) is 65.3 Å². The number of aliphatic hydroxyl groups is 1. The van der Waals surface area contributed by atoms with Crippen LogP contribution >= 0.6 is 9.24 Å². The molecule has 6 heteroatoms. The summed E-state index contributed by atoms with van der Waals surface area (Å²) in [6, 6.07) is 12.2. The summed E-state index contributed by atoms with van der Waals surface area (Å²) in [4.78, 5) is 19.7. The van der Waals surface area contributed by atoms with Crippen LogP contribution in [-0.2, 0) is 9.53 Å². The van der Waals surface area contributed by atoms with Gasteiger partial charge in [0.2, 0.25) is 0 Å². The number of aliphatic hydroxyl groups excluding tert-OH is 1. The molecule has 1 aliphatic heterocycles. The number of cyclic esters (lactones) is 1. The monoisotopic (exact) mass is 424 g/mol. The van der Waals surface area contributed by atoms with Crippen LogP contribution in [0, 0.1) is 5.92 Å². The number of benzene rings is 1. The van der Waals surface area contributed by atoms with E-state index < -0.39 is 12.2 Å². The molecule has 1 saturated heterocycles. The average molecular weight is 424 g/mol. The van der Waals surface area contributed by atoms with Crippen molar-refractivity contribution in [3.8, 4) is 0 Å². The molecule has 1 aromatic heterocycles. The molecule has 3 atom stereocenters. The number of ether oxygens (including phenoxy) is 1. The maximum absolute atomic E-state index is 11.7. The lowest BCUT2D eigenvalue weighted by molar-refractivity contribution is -0.156. The standard InChI is InChI=1S/C24H29N2O3P/c1-15(2)23(21-5-4-12-26-21)20(11-8-18-13-17(27)14-22(28)29-18)24(25-3)16-6-9-19(30)10-7-16/h4-12,15,17-18,26-27H,13-14,30H2,1-3H3/b11-8+,23-20-,25-24?. The minimum absolute atomic E-state index is 0.0514. The van der Waals surface area contributed by atoms with E-state index in [2.05, 4.69) is 45.2 Å². The van der Waals surface area contributed by atoms with Crippen molar-refractivity contribution < 1.29 is 14.6 Å². The van der Waals surface area contributed by atoms with E-state index in [1.807, 2.05) is 42.6 Å². The van der Waals surface area contributed by atoms with E-state index >= 15 is 0 Å². The van der Waals surface area contributed by atoms with E-state index in [0.29, 0.717) is 6.42 Å². The topological polar surface area (TPSA) is 74.7 Å². The Bertz CT molecular complexity index is 957. The Kier molecular flexibility index (Phi) is 7.41. The van der Waals surface area contributed by atoms with Crippen LogP contribution in [-0.4, -0.2) is 41.0 Å². The van der Waals surface area contributed by atoms with Crippen LogP contribution < -0.4 is 5.30 Å². The minimum Gasteiger partial charge on any atom is -0.458 e. The molecule has 30 heavy (non-hydrogen) atoms.